The molecular formula is C5H11N2O. The molecule has 0 aliphatic rings. The Hall–Kier alpha value is -0.570. The van der Waals surface area contributed by atoms with Gasteiger partial charge in [-0.3, -0.25) is 4.79 Å². The maximum Gasteiger partial charge on any atom is 0.221 e. The van der Waals surface area contributed by atoms with Gasteiger partial charge in [-0.1, -0.05) is 0 Å². The fourth-order valence-electron chi connectivity index (χ4n) is 0.340. The van der Waals surface area contributed by atoms with Crippen LogP contribution in [-0.2, 0) is 4.79 Å². The van der Waals surface area contributed by atoms with E-state index in [1.54, 1.807) is 7.05 Å². The molecule has 1 amide bonds. The van der Waals surface area contributed by atoms with E-state index in [4.69, 9.17) is 5.73 Å². The Morgan fingerprint density at radius 1 is 2.00 bits per heavy atom. The van der Waals surface area contributed by atoms with Gasteiger partial charge in [0, 0.05) is 19.5 Å². The van der Waals surface area contributed by atoms with Crippen LogP contribution < -0.4 is 11.1 Å². The smallest absolute Gasteiger partial charge is 0.221 e. The highest BCUT2D eigenvalue weighted by molar-refractivity contribution is 5.76. The fourth-order valence-corrected chi connectivity index (χ4v) is 0.340. The highest BCUT2D eigenvalue weighted by Gasteiger charge is 1.99. The van der Waals surface area contributed by atoms with Crippen LogP contribution in [0.25, 0.3) is 0 Å². The summed E-state index contributed by atoms with van der Waals surface area (Å²) in [5.74, 6) is -0.0625. The fraction of sp³-hybridized carbons (Fsp3) is 0.600. The number of nitrogens with two attached hydrogens (primary N) is 1. The zero-order chi connectivity index (χ0) is 6.57. The Labute approximate surface area is 49.3 Å². The van der Waals surface area contributed by atoms with Crippen molar-refractivity contribution in [1.82, 2.24) is 5.32 Å². The van der Waals surface area contributed by atoms with Gasteiger partial charge in [-0.2, -0.15) is 0 Å². The molecule has 0 aromatic carbocycles. The Kier molecular flexibility index (Phi) is 3.19. The zero-order valence-corrected chi connectivity index (χ0v) is 4.98. The second-order valence-corrected chi connectivity index (χ2v) is 1.64. The van der Waals surface area contributed by atoms with Gasteiger partial charge in [0.25, 0.3) is 0 Å². The molecular weight excluding hydrogens is 104 g/mol. The summed E-state index contributed by atoms with van der Waals surface area (Å²) in [6.07, 6.45) is 0.302. The van der Waals surface area contributed by atoms with Gasteiger partial charge in [0.05, 0.1) is 0 Å². The predicted molar refractivity (Wildman–Crippen MR) is 32.0 cm³/mol. The maximum atomic E-state index is 10.4. The molecule has 1 radical (unpaired) electrons. The van der Waals surface area contributed by atoms with Crippen LogP contribution in [0.1, 0.15) is 6.42 Å². The molecule has 8 heavy (non-hydrogen) atoms. The lowest BCUT2D eigenvalue weighted by Crippen LogP contribution is -2.27. The van der Waals surface area contributed by atoms with E-state index >= 15 is 0 Å². The second-order valence-electron chi connectivity index (χ2n) is 1.64. The zero-order valence-electron chi connectivity index (χ0n) is 4.98. The SMILES string of the molecule is [CH2]C(N)CC(=O)NC. The molecule has 0 aromatic rings. The number of rotatable bonds is 2. The largest absolute Gasteiger partial charge is 0.359 e. The van der Waals surface area contributed by atoms with Crippen molar-refractivity contribution in [2.45, 2.75) is 12.5 Å². The molecule has 0 aliphatic heterocycles. The second kappa shape index (κ2) is 3.43. The minimum Gasteiger partial charge on any atom is -0.359 e. The third kappa shape index (κ3) is 3.61. The van der Waals surface area contributed by atoms with E-state index in [0.29, 0.717) is 6.42 Å². The third-order valence-corrected chi connectivity index (χ3v) is 0.726. The first kappa shape index (κ1) is 7.43. The van der Waals surface area contributed by atoms with Gasteiger partial charge in [0.1, 0.15) is 0 Å². The number of hydrogen-bond donors (Lipinski definition) is 2. The number of nitrogens with one attached hydrogen (secondary N) is 1. The molecule has 1 atom stereocenters. The molecule has 3 N–H and O–H groups in total. The minimum absolute atomic E-state index is 0.0625. The lowest BCUT2D eigenvalue weighted by molar-refractivity contribution is -0.120. The predicted octanol–water partition coefficient (Wildman–Crippen LogP) is -0.716. The Morgan fingerprint density at radius 3 is 2.62 bits per heavy atom. The summed E-state index contributed by atoms with van der Waals surface area (Å²) in [6.45, 7) is 3.44. The average Bonchev–Trinajstić information content (AvgIpc) is 1.65. The van der Waals surface area contributed by atoms with Gasteiger partial charge in [0.15, 0.2) is 0 Å². The third-order valence-electron chi connectivity index (χ3n) is 0.726. The van der Waals surface area contributed by atoms with Crippen molar-refractivity contribution in [1.29, 1.82) is 0 Å². The van der Waals surface area contributed by atoms with Crippen LogP contribution in [0.2, 0.25) is 0 Å². The summed E-state index contributed by atoms with van der Waals surface area (Å²) >= 11 is 0. The van der Waals surface area contributed by atoms with Gasteiger partial charge in [-0.05, 0) is 6.92 Å². The number of carbonyl (C=O) groups is 1. The summed E-state index contributed by atoms with van der Waals surface area (Å²) < 4.78 is 0. The Morgan fingerprint density at radius 2 is 2.50 bits per heavy atom. The van der Waals surface area contributed by atoms with Crippen LogP contribution in [0.4, 0.5) is 0 Å². The molecule has 0 aromatic heterocycles. The summed E-state index contributed by atoms with van der Waals surface area (Å²) in [5, 5.41) is 2.44. The van der Waals surface area contributed by atoms with E-state index in [0.717, 1.165) is 0 Å². The number of carbonyl (C=O) groups excluding carboxylic acids is 1. The Balaban J connectivity index is 3.25. The normalized spacial score (nSPS) is 12.9. The van der Waals surface area contributed by atoms with Crippen molar-refractivity contribution < 1.29 is 4.79 Å². The van der Waals surface area contributed by atoms with E-state index in [2.05, 4.69) is 12.2 Å². The molecule has 3 heteroatoms. The Bertz CT molecular complexity index is 80.5. The van der Waals surface area contributed by atoms with E-state index in [-0.39, 0.29) is 11.9 Å². The number of hydrogen-bond acceptors (Lipinski definition) is 2. The molecule has 0 aliphatic carbocycles. The molecule has 3 nitrogen and oxygen atoms in total. The molecule has 1 unspecified atom stereocenters. The highest BCUT2D eigenvalue weighted by atomic mass is 16.1. The van der Waals surface area contributed by atoms with Crippen LogP contribution in [-0.4, -0.2) is 19.0 Å². The van der Waals surface area contributed by atoms with E-state index in [1.165, 1.54) is 0 Å². The standard InChI is InChI=1S/C5H11N2O/c1-4(6)3-5(8)7-2/h4H,1,3,6H2,2H3,(H,7,8). The first-order chi connectivity index (χ1) is 3.66. The van der Waals surface area contributed by atoms with Crippen LogP contribution in [0, 0.1) is 6.92 Å². The molecule has 0 saturated carbocycles. The van der Waals surface area contributed by atoms with E-state index < -0.39 is 0 Å². The molecule has 0 saturated heterocycles. The monoisotopic (exact) mass is 115 g/mol. The highest BCUT2D eigenvalue weighted by Crippen LogP contribution is 1.81. The van der Waals surface area contributed by atoms with Crippen molar-refractivity contribution in [3.05, 3.63) is 6.92 Å². The molecule has 0 heterocycles. The first-order valence-electron chi connectivity index (χ1n) is 2.46. The topological polar surface area (TPSA) is 55.1 Å². The summed E-state index contributed by atoms with van der Waals surface area (Å²) in [5.41, 5.74) is 5.20. The lowest BCUT2D eigenvalue weighted by atomic mass is 10.2. The summed E-state index contributed by atoms with van der Waals surface area (Å²) in [4.78, 5) is 10.4. The van der Waals surface area contributed by atoms with Crippen molar-refractivity contribution >= 4 is 5.91 Å². The molecule has 0 rings (SSSR count). The van der Waals surface area contributed by atoms with Gasteiger partial charge in [0.2, 0.25) is 5.91 Å². The van der Waals surface area contributed by atoms with E-state index in [9.17, 15) is 4.79 Å². The summed E-state index contributed by atoms with van der Waals surface area (Å²) in [7, 11) is 1.57. The quantitative estimate of drug-likeness (QED) is 0.499. The summed E-state index contributed by atoms with van der Waals surface area (Å²) in [6, 6.07) is -0.282. The average molecular weight is 115 g/mol. The maximum absolute atomic E-state index is 10.4. The lowest BCUT2D eigenvalue weighted by Gasteiger charge is -2.00. The molecule has 0 fully saturated rings. The van der Waals surface area contributed by atoms with Crippen molar-refractivity contribution in [3.8, 4) is 0 Å². The van der Waals surface area contributed by atoms with Crippen molar-refractivity contribution in [2.24, 2.45) is 5.73 Å². The van der Waals surface area contributed by atoms with Crippen molar-refractivity contribution in [3.63, 3.8) is 0 Å². The van der Waals surface area contributed by atoms with Crippen molar-refractivity contribution in [2.75, 3.05) is 7.05 Å². The van der Waals surface area contributed by atoms with E-state index in [1.807, 2.05) is 0 Å². The first-order valence-corrected chi connectivity index (χ1v) is 2.46. The van der Waals surface area contributed by atoms with Gasteiger partial charge in [-0.25, -0.2) is 0 Å². The van der Waals surface area contributed by atoms with Crippen LogP contribution in [0.3, 0.4) is 0 Å². The van der Waals surface area contributed by atoms with Gasteiger partial charge in [-0.15, -0.1) is 0 Å². The van der Waals surface area contributed by atoms with Crippen LogP contribution in [0.5, 0.6) is 0 Å². The number of amides is 1. The minimum atomic E-state index is -0.282. The van der Waals surface area contributed by atoms with Crippen LogP contribution >= 0.6 is 0 Å². The molecule has 0 bridgehead atoms. The van der Waals surface area contributed by atoms with Gasteiger partial charge >= 0.3 is 0 Å². The molecule has 47 valence electrons. The van der Waals surface area contributed by atoms with Gasteiger partial charge < -0.3 is 11.1 Å². The van der Waals surface area contributed by atoms with Crippen LogP contribution in [0.15, 0.2) is 0 Å². The molecule has 0 spiro atoms.